The van der Waals surface area contributed by atoms with Crippen molar-refractivity contribution in [3.8, 4) is 0 Å². The number of halogens is 1. The molecule has 6 nitrogen and oxygen atoms in total. The molecule has 1 saturated carbocycles. The van der Waals surface area contributed by atoms with Crippen LogP contribution in [0.1, 0.15) is 49.5 Å². The summed E-state index contributed by atoms with van der Waals surface area (Å²) in [7, 11) is 1.81. The van der Waals surface area contributed by atoms with Crippen molar-refractivity contribution in [2.24, 2.45) is 13.0 Å². The fourth-order valence-corrected chi connectivity index (χ4v) is 4.38. The first-order valence-corrected chi connectivity index (χ1v) is 9.86. The molecule has 2 atom stereocenters. The summed E-state index contributed by atoms with van der Waals surface area (Å²) in [4.78, 5) is 31.6. The van der Waals surface area contributed by atoms with Gasteiger partial charge in [-0.3, -0.25) is 9.59 Å². The predicted molar refractivity (Wildman–Crippen MR) is 102 cm³/mol. The third-order valence-electron chi connectivity index (χ3n) is 5.91. The summed E-state index contributed by atoms with van der Waals surface area (Å²) in [6.45, 7) is 0.444. The summed E-state index contributed by atoms with van der Waals surface area (Å²) in [5, 5.41) is 2.95. The van der Waals surface area contributed by atoms with Crippen LogP contribution in [0.15, 0.2) is 36.7 Å². The smallest absolute Gasteiger partial charge is 0.226 e. The van der Waals surface area contributed by atoms with Gasteiger partial charge < -0.3 is 14.8 Å². The Balaban J connectivity index is 1.54. The van der Waals surface area contributed by atoms with Crippen LogP contribution >= 0.6 is 0 Å². The van der Waals surface area contributed by atoms with E-state index in [1.54, 1.807) is 35.2 Å². The van der Waals surface area contributed by atoms with E-state index in [1.165, 1.54) is 6.07 Å². The van der Waals surface area contributed by atoms with Crippen LogP contribution in [0, 0.1) is 11.7 Å². The number of carbonyl (C=O) groups is 2. The summed E-state index contributed by atoms with van der Waals surface area (Å²) >= 11 is 0. The van der Waals surface area contributed by atoms with Gasteiger partial charge in [-0.25, -0.2) is 9.37 Å². The molecule has 4 rings (SSSR count). The molecule has 0 unspecified atom stereocenters. The molecule has 0 spiro atoms. The monoisotopic (exact) mass is 384 g/mol. The van der Waals surface area contributed by atoms with Crippen molar-refractivity contribution in [3.63, 3.8) is 0 Å². The van der Waals surface area contributed by atoms with E-state index in [9.17, 15) is 14.0 Å². The largest absolute Gasteiger partial charge is 0.342 e. The standard InChI is InChI=1S/C21H25FN4O2/c1-25-11-10-23-20(25)19(16-8-4-5-9-17(16)22)24-21(28)14-12-18(27)26(13-14)15-6-2-3-7-15/h4-5,8-11,14-15,19H,2-3,6-7,12-13H2,1H3,(H,24,28)/t14-,19+/m1/s1. The third-order valence-corrected chi connectivity index (χ3v) is 5.91. The Morgan fingerprint density at radius 3 is 2.71 bits per heavy atom. The number of amides is 2. The third kappa shape index (κ3) is 3.53. The Kier molecular flexibility index (Phi) is 5.15. The Morgan fingerprint density at radius 2 is 2.04 bits per heavy atom. The molecule has 148 valence electrons. The van der Waals surface area contributed by atoms with Gasteiger partial charge in [-0.2, -0.15) is 0 Å². The first-order chi connectivity index (χ1) is 13.5. The number of hydrogen-bond acceptors (Lipinski definition) is 3. The summed E-state index contributed by atoms with van der Waals surface area (Å²) < 4.78 is 16.2. The number of hydrogen-bond donors (Lipinski definition) is 1. The van der Waals surface area contributed by atoms with Gasteiger partial charge in [0.05, 0.1) is 5.92 Å². The van der Waals surface area contributed by atoms with Crippen molar-refractivity contribution in [1.82, 2.24) is 19.8 Å². The maximum atomic E-state index is 14.5. The average Bonchev–Trinajstić information content (AvgIpc) is 3.41. The molecule has 1 aliphatic heterocycles. The van der Waals surface area contributed by atoms with Gasteiger partial charge >= 0.3 is 0 Å². The van der Waals surface area contributed by atoms with Gasteiger partial charge in [0.15, 0.2) is 0 Å². The zero-order valence-corrected chi connectivity index (χ0v) is 16.0. The molecule has 2 aromatic rings. The molecule has 2 amide bonds. The summed E-state index contributed by atoms with van der Waals surface area (Å²) in [5.41, 5.74) is 0.363. The van der Waals surface area contributed by atoms with Crippen molar-refractivity contribution >= 4 is 11.8 Å². The number of rotatable bonds is 5. The topological polar surface area (TPSA) is 67.2 Å². The van der Waals surface area contributed by atoms with Gasteiger partial charge in [0.25, 0.3) is 0 Å². The molecule has 1 saturated heterocycles. The fourth-order valence-electron chi connectivity index (χ4n) is 4.38. The first kappa shape index (κ1) is 18.7. The number of imidazole rings is 1. The van der Waals surface area contributed by atoms with Gasteiger partial charge in [0.2, 0.25) is 11.8 Å². The fraction of sp³-hybridized carbons (Fsp3) is 0.476. The Labute approximate surface area is 163 Å². The van der Waals surface area contributed by atoms with Crippen LogP contribution in [0.4, 0.5) is 4.39 Å². The van der Waals surface area contributed by atoms with Gasteiger partial charge in [-0.1, -0.05) is 31.0 Å². The van der Waals surface area contributed by atoms with E-state index in [2.05, 4.69) is 10.3 Å². The van der Waals surface area contributed by atoms with Gasteiger partial charge in [-0.05, 0) is 18.9 Å². The minimum absolute atomic E-state index is 0.0477. The lowest BCUT2D eigenvalue weighted by molar-refractivity contribution is -0.130. The lowest BCUT2D eigenvalue weighted by Crippen LogP contribution is -2.39. The van der Waals surface area contributed by atoms with Crippen molar-refractivity contribution in [1.29, 1.82) is 0 Å². The highest BCUT2D eigenvalue weighted by atomic mass is 19.1. The van der Waals surface area contributed by atoms with Crippen LogP contribution in [0.5, 0.6) is 0 Å². The van der Waals surface area contributed by atoms with Crippen LogP contribution in [-0.4, -0.2) is 38.9 Å². The molecule has 2 heterocycles. The number of likely N-dealkylation sites (tertiary alicyclic amines) is 1. The summed E-state index contributed by atoms with van der Waals surface area (Å²) in [6, 6.07) is 5.94. The van der Waals surface area contributed by atoms with E-state index in [1.807, 2.05) is 11.9 Å². The summed E-state index contributed by atoms with van der Waals surface area (Å²) in [5.74, 6) is -0.444. The quantitative estimate of drug-likeness (QED) is 0.862. The zero-order valence-electron chi connectivity index (χ0n) is 16.0. The van der Waals surface area contributed by atoms with E-state index in [0.29, 0.717) is 17.9 Å². The molecule has 1 aliphatic carbocycles. The number of carbonyl (C=O) groups excluding carboxylic acids is 2. The van der Waals surface area contributed by atoms with Crippen molar-refractivity contribution in [3.05, 3.63) is 53.9 Å². The maximum Gasteiger partial charge on any atom is 0.226 e. The van der Waals surface area contributed by atoms with Crippen molar-refractivity contribution in [2.45, 2.75) is 44.2 Å². The highest BCUT2D eigenvalue weighted by Gasteiger charge is 2.39. The van der Waals surface area contributed by atoms with E-state index in [-0.39, 0.29) is 24.3 Å². The highest BCUT2D eigenvalue weighted by molar-refractivity contribution is 5.89. The predicted octanol–water partition coefficient (Wildman–Crippen LogP) is 2.56. The second-order valence-corrected chi connectivity index (χ2v) is 7.74. The molecule has 0 radical (unpaired) electrons. The minimum Gasteiger partial charge on any atom is -0.342 e. The maximum absolute atomic E-state index is 14.5. The van der Waals surface area contributed by atoms with Crippen LogP contribution in [0.2, 0.25) is 0 Å². The van der Waals surface area contributed by atoms with Gasteiger partial charge in [-0.15, -0.1) is 0 Å². The van der Waals surface area contributed by atoms with Crippen molar-refractivity contribution in [2.75, 3.05) is 6.54 Å². The normalized spacial score (nSPS) is 21.3. The lowest BCUT2D eigenvalue weighted by atomic mass is 10.0. The molecule has 1 aromatic carbocycles. The number of aryl methyl sites for hydroxylation is 1. The van der Waals surface area contributed by atoms with Crippen LogP contribution < -0.4 is 5.32 Å². The molecule has 0 bridgehead atoms. The van der Waals surface area contributed by atoms with E-state index in [4.69, 9.17) is 0 Å². The van der Waals surface area contributed by atoms with Crippen LogP contribution in [0.3, 0.4) is 0 Å². The molecule has 2 fully saturated rings. The van der Waals surface area contributed by atoms with Gasteiger partial charge in [0, 0.05) is 44.0 Å². The molecule has 1 N–H and O–H groups in total. The Morgan fingerprint density at radius 1 is 1.29 bits per heavy atom. The SMILES string of the molecule is Cn1ccnc1[C@@H](NC(=O)[C@@H]1CC(=O)N(C2CCCC2)C1)c1ccccc1F. The van der Waals surface area contributed by atoms with Crippen LogP contribution in [0.25, 0.3) is 0 Å². The zero-order chi connectivity index (χ0) is 19.7. The number of benzene rings is 1. The summed E-state index contributed by atoms with van der Waals surface area (Å²) in [6.07, 6.45) is 7.91. The number of nitrogens with one attached hydrogen (secondary N) is 1. The molecule has 7 heteroatoms. The first-order valence-electron chi connectivity index (χ1n) is 9.86. The molecule has 1 aromatic heterocycles. The Hall–Kier alpha value is -2.70. The minimum atomic E-state index is -0.704. The molecular formula is C21H25FN4O2. The second-order valence-electron chi connectivity index (χ2n) is 7.74. The lowest BCUT2D eigenvalue weighted by Gasteiger charge is -2.24. The van der Waals surface area contributed by atoms with E-state index in [0.717, 1.165) is 25.7 Å². The number of aromatic nitrogens is 2. The van der Waals surface area contributed by atoms with E-state index >= 15 is 0 Å². The molecular weight excluding hydrogens is 359 g/mol. The van der Waals surface area contributed by atoms with E-state index < -0.39 is 17.8 Å². The number of nitrogens with zero attached hydrogens (tertiary/aromatic N) is 3. The second kappa shape index (κ2) is 7.73. The molecule has 2 aliphatic rings. The van der Waals surface area contributed by atoms with Crippen molar-refractivity contribution < 1.29 is 14.0 Å². The average molecular weight is 384 g/mol. The Bertz CT molecular complexity index is 875. The van der Waals surface area contributed by atoms with Gasteiger partial charge in [0.1, 0.15) is 17.7 Å². The van der Waals surface area contributed by atoms with Crippen LogP contribution in [-0.2, 0) is 16.6 Å². The molecule has 28 heavy (non-hydrogen) atoms. The highest BCUT2D eigenvalue weighted by Crippen LogP contribution is 2.30.